The Labute approximate surface area is 495 Å². The monoisotopic (exact) mass is 1110 g/mol. The highest BCUT2D eigenvalue weighted by Gasteiger charge is 2.19. The molecule has 0 saturated carbocycles. The highest BCUT2D eigenvalue weighted by molar-refractivity contribution is 5.72. The number of unbranched alkanes of at least 4 members (excludes halogenated alkanes) is 33. The fourth-order valence-corrected chi connectivity index (χ4v) is 9.57. The molecule has 0 N–H and O–H groups in total. The molecule has 0 spiro atoms. The quantitative estimate of drug-likeness (QED) is 0.0261. The molecule has 0 aliphatic heterocycles. The van der Waals surface area contributed by atoms with E-state index in [2.05, 4.69) is 118 Å². The largest absolute Gasteiger partial charge is 0.462 e. The molecule has 1 atom stereocenters. The third-order valence-electron chi connectivity index (χ3n) is 14.6. The summed E-state index contributed by atoms with van der Waals surface area (Å²) < 4.78 is 16.8. The molecule has 6 nitrogen and oxygen atoms in total. The van der Waals surface area contributed by atoms with Crippen molar-refractivity contribution < 1.29 is 28.6 Å². The number of carbonyl (C=O) groups is 3. The van der Waals surface area contributed by atoms with Crippen molar-refractivity contribution >= 4 is 17.9 Å². The van der Waals surface area contributed by atoms with Crippen molar-refractivity contribution in [1.29, 1.82) is 0 Å². The van der Waals surface area contributed by atoms with Crippen LogP contribution in [-0.4, -0.2) is 37.2 Å². The van der Waals surface area contributed by atoms with Gasteiger partial charge in [0.15, 0.2) is 6.10 Å². The van der Waals surface area contributed by atoms with E-state index >= 15 is 0 Å². The molecule has 0 bridgehead atoms. The Bertz CT molecular complexity index is 1610. The van der Waals surface area contributed by atoms with Gasteiger partial charge in [0.05, 0.1) is 6.42 Å². The highest BCUT2D eigenvalue weighted by atomic mass is 16.6. The molecule has 0 aromatic heterocycles. The van der Waals surface area contributed by atoms with E-state index in [0.29, 0.717) is 12.8 Å². The van der Waals surface area contributed by atoms with Crippen molar-refractivity contribution in [3.63, 3.8) is 0 Å². The third-order valence-corrected chi connectivity index (χ3v) is 14.6. The first-order chi connectivity index (χ1) is 39.5. The molecule has 0 aromatic rings. The van der Waals surface area contributed by atoms with Gasteiger partial charge in [-0.1, -0.05) is 329 Å². The van der Waals surface area contributed by atoms with Gasteiger partial charge in [-0.25, -0.2) is 0 Å². The summed E-state index contributed by atoms with van der Waals surface area (Å²) in [7, 11) is 0. The minimum atomic E-state index is -0.830. The van der Waals surface area contributed by atoms with Crippen molar-refractivity contribution in [3.05, 3.63) is 109 Å². The zero-order valence-corrected chi connectivity index (χ0v) is 52.6. The van der Waals surface area contributed by atoms with E-state index in [4.69, 9.17) is 14.2 Å². The van der Waals surface area contributed by atoms with Gasteiger partial charge in [-0.05, 0) is 83.5 Å². The average Bonchev–Trinajstić information content (AvgIpc) is 3.46. The minimum absolute atomic E-state index is 0.0985. The Morgan fingerprint density at radius 1 is 0.275 bits per heavy atom. The van der Waals surface area contributed by atoms with E-state index in [1.54, 1.807) is 6.08 Å². The zero-order chi connectivity index (χ0) is 57.8. The second-order valence-electron chi connectivity index (χ2n) is 22.3. The SMILES string of the molecule is CC/C=C\C/C=C\C/C=C\C/C=C\C/C=C\CC(=O)OC(COC(=O)CCCCCCCCCCCCCCCC)COC(=O)CCCCCCCCCCCCCCCCCCCCCC/C=C\C/C=C\C/C=C\C/C=C\CC. The lowest BCUT2D eigenvalue weighted by molar-refractivity contribution is -0.166. The Kier molecular flexibility index (Phi) is 64.3. The van der Waals surface area contributed by atoms with Gasteiger partial charge in [-0.15, -0.1) is 0 Å². The number of carbonyl (C=O) groups excluding carboxylic acids is 3. The number of esters is 3. The van der Waals surface area contributed by atoms with Crippen LogP contribution in [0.15, 0.2) is 109 Å². The maximum Gasteiger partial charge on any atom is 0.310 e. The summed E-state index contributed by atoms with van der Waals surface area (Å²) in [6, 6.07) is 0. The van der Waals surface area contributed by atoms with Crippen molar-refractivity contribution in [2.24, 2.45) is 0 Å². The molecule has 6 heteroatoms. The van der Waals surface area contributed by atoms with Crippen LogP contribution in [0, 0.1) is 0 Å². The fraction of sp³-hybridized carbons (Fsp3) is 0.716. The molecule has 0 aromatic carbocycles. The maximum absolute atomic E-state index is 12.8. The topological polar surface area (TPSA) is 78.9 Å². The lowest BCUT2D eigenvalue weighted by Gasteiger charge is -2.18. The maximum atomic E-state index is 12.8. The molecule has 458 valence electrons. The van der Waals surface area contributed by atoms with E-state index < -0.39 is 12.1 Å². The van der Waals surface area contributed by atoms with Gasteiger partial charge in [-0.2, -0.15) is 0 Å². The molecule has 0 aliphatic rings. The summed E-state index contributed by atoms with van der Waals surface area (Å²) >= 11 is 0. The van der Waals surface area contributed by atoms with Crippen LogP contribution in [0.5, 0.6) is 0 Å². The molecule has 0 amide bonds. The van der Waals surface area contributed by atoms with Crippen LogP contribution in [0.3, 0.4) is 0 Å². The smallest absolute Gasteiger partial charge is 0.310 e. The summed E-state index contributed by atoms with van der Waals surface area (Å²) in [5.41, 5.74) is 0. The van der Waals surface area contributed by atoms with E-state index in [0.717, 1.165) is 96.3 Å². The van der Waals surface area contributed by atoms with Gasteiger partial charge in [0.1, 0.15) is 13.2 Å². The number of allylic oxidation sites excluding steroid dienone is 17. The van der Waals surface area contributed by atoms with Crippen LogP contribution in [0.25, 0.3) is 0 Å². The van der Waals surface area contributed by atoms with Crippen molar-refractivity contribution in [1.82, 2.24) is 0 Å². The van der Waals surface area contributed by atoms with Crippen molar-refractivity contribution in [3.8, 4) is 0 Å². The Hall–Kier alpha value is -3.93. The van der Waals surface area contributed by atoms with Gasteiger partial charge in [0.2, 0.25) is 0 Å². The van der Waals surface area contributed by atoms with Crippen LogP contribution in [0.1, 0.15) is 323 Å². The fourth-order valence-electron chi connectivity index (χ4n) is 9.57. The van der Waals surface area contributed by atoms with Crippen molar-refractivity contribution in [2.45, 2.75) is 329 Å². The number of hydrogen-bond donors (Lipinski definition) is 0. The first-order valence-electron chi connectivity index (χ1n) is 33.9. The van der Waals surface area contributed by atoms with E-state index in [1.807, 2.05) is 6.08 Å². The normalized spacial score (nSPS) is 12.8. The second kappa shape index (κ2) is 67.6. The lowest BCUT2D eigenvalue weighted by atomic mass is 10.0. The number of ether oxygens (including phenoxy) is 3. The van der Waals surface area contributed by atoms with Gasteiger partial charge < -0.3 is 14.2 Å². The summed E-state index contributed by atoms with van der Waals surface area (Å²) in [5.74, 6) is -1.03. The van der Waals surface area contributed by atoms with Gasteiger partial charge in [0, 0.05) is 12.8 Å². The molecule has 0 heterocycles. The summed E-state index contributed by atoms with van der Waals surface area (Å²) in [4.78, 5) is 38.2. The van der Waals surface area contributed by atoms with Gasteiger partial charge in [0.25, 0.3) is 0 Å². The predicted molar refractivity (Wildman–Crippen MR) is 348 cm³/mol. The van der Waals surface area contributed by atoms with Crippen LogP contribution < -0.4 is 0 Å². The molecular formula is C74H126O6. The lowest BCUT2D eigenvalue weighted by Crippen LogP contribution is -2.30. The first kappa shape index (κ1) is 76.1. The standard InChI is InChI=1S/C74H126O6/c1-4-7-10-13-16-19-22-25-28-29-30-31-32-33-34-35-36-37-38-39-40-41-42-43-44-45-47-49-52-55-58-61-64-67-73(76)79-70-71(69-78-72(75)66-63-60-57-54-51-48-27-24-21-18-15-12-9-6-3)80-74(77)68-65-62-59-56-53-50-46-26-23-20-17-14-11-8-5-2/h7-8,10-11,16-17,19-20,25-26,28,30-31,46,53,56,62,65,71H,4-6,9,12-15,18,21-24,27,29,32-45,47-52,54-55,57-61,63-64,66-70H2,1-3H3/b10-7-,11-8-,19-16-,20-17-,28-25-,31-30-,46-26-,56-53-,65-62-. The van der Waals surface area contributed by atoms with Crippen LogP contribution >= 0.6 is 0 Å². The predicted octanol–water partition coefficient (Wildman–Crippen LogP) is 23.4. The van der Waals surface area contributed by atoms with Gasteiger partial charge >= 0.3 is 17.9 Å². The van der Waals surface area contributed by atoms with E-state index in [-0.39, 0.29) is 31.6 Å². The molecule has 0 rings (SSSR count). The zero-order valence-electron chi connectivity index (χ0n) is 52.6. The van der Waals surface area contributed by atoms with Crippen LogP contribution in [-0.2, 0) is 28.6 Å². The minimum Gasteiger partial charge on any atom is -0.462 e. The van der Waals surface area contributed by atoms with E-state index in [9.17, 15) is 14.4 Å². The summed E-state index contributed by atoms with van der Waals surface area (Å²) in [6.07, 6.45) is 93.0. The number of hydrogen-bond acceptors (Lipinski definition) is 6. The Morgan fingerprint density at radius 2 is 0.525 bits per heavy atom. The first-order valence-corrected chi connectivity index (χ1v) is 33.9. The summed E-state index contributed by atoms with van der Waals surface area (Å²) in [6.45, 7) is 6.36. The highest BCUT2D eigenvalue weighted by Crippen LogP contribution is 2.17. The summed E-state index contributed by atoms with van der Waals surface area (Å²) in [5, 5.41) is 0. The molecule has 0 saturated heterocycles. The number of rotatable bonds is 61. The van der Waals surface area contributed by atoms with Crippen molar-refractivity contribution in [2.75, 3.05) is 13.2 Å². The molecule has 80 heavy (non-hydrogen) atoms. The second-order valence-corrected chi connectivity index (χ2v) is 22.3. The molecule has 0 radical (unpaired) electrons. The molecule has 0 fully saturated rings. The van der Waals surface area contributed by atoms with Crippen LogP contribution in [0.4, 0.5) is 0 Å². The van der Waals surface area contributed by atoms with Crippen LogP contribution in [0.2, 0.25) is 0 Å². The van der Waals surface area contributed by atoms with Gasteiger partial charge in [-0.3, -0.25) is 14.4 Å². The average molecular weight is 1110 g/mol. The molecular weight excluding hydrogens is 985 g/mol. The molecule has 1 unspecified atom stereocenters. The van der Waals surface area contributed by atoms with E-state index in [1.165, 1.54) is 186 Å². The Morgan fingerprint density at radius 3 is 0.825 bits per heavy atom. The third kappa shape index (κ3) is 64.9. The molecule has 0 aliphatic carbocycles. The Balaban J connectivity index is 4.20.